The van der Waals surface area contributed by atoms with E-state index >= 15 is 0 Å². The van der Waals surface area contributed by atoms with E-state index in [4.69, 9.17) is 4.74 Å². The Kier molecular flexibility index (Phi) is 7.45. The van der Waals surface area contributed by atoms with Gasteiger partial charge in [-0.2, -0.15) is 0 Å². The molecule has 1 N–H and O–H groups in total. The van der Waals surface area contributed by atoms with Crippen molar-refractivity contribution in [3.05, 3.63) is 88.3 Å². The fourth-order valence-electron chi connectivity index (χ4n) is 3.96. The number of sulfone groups is 1. The van der Waals surface area contributed by atoms with Crippen LogP contribution < -0.4 is 15.5 Å². The molecule has 4 rings (SSSR count). The van der Waals surface area contributed by atoms with Crippen LogP contribution in [0.3, 0.4) is 0 Å². The lowest BCUT2D eigenvalue weighted by molar-refractivity contribution is -0.116. The van der Waals surface area contributed by atoms with Crippen molar-refractivity contribution in [1.29, 1.82) is 0 Å². The number of pyridine rings is 2. The molecule has 2 heterocycles. The molecule has 0 bridgehead atoms. The molecule has 9 heteroatoms. The minimum Gasteiger partial charge on any atom is -0.494 e. The van der Waals surface area contributed by atoms with Gasteiger partial charge in [0.25, 0.3) is 0 Å². The molecular formula is C28H29N3O5S. The number of nitrogens with one attached hydrogen (secondary N) is 1. The summed E-state index contributed by atoms with van der Waals surface area (Å²) in [7, 11) is -4.18. The van der Waals surface area contributed by atoms with Gasteiger partial charge in [-0.05, 0) is 73.9 Å². The number of nitrogens with zero attached hydrogens (tertiary/aromatic N) is 2. The molecule has 2 aromatic carbocycles. The number of amides is 1. The first-order valence-corrected chi connectivity index (χ1v) is 13.5. The number of ether oxygens (including phenoxy) is 1. The largest absolute Gasteiger partial charge is 0.494 e. The van der Waals surface area contributed by atoms with Gasteiger partial charge in [-0.25, -0.2) is 13.4 Å². The molecule has 0 aliphatic rings. The molecular weight excluding hydrogens is 490 g/mol. The number of aromatic nitrogens is 2. The second-order valence-electron chi connectivity index (χ2n) is 9.01. The maximum atomic E-state index is 13.5. The van der Waals surface area contributed by atoms with Gasteiger partial charge < -0.3 is 14.6 Å². The van der Waals surface area contributed by atoms with Crippen LogP contribution >= 0.6 is 0 Å². The van der Waals surface area contributed by atoms with Gasteiger partial charge in [0.15, 0.2) is 0 Å². The molecule has 37 heavy (non-hydrogen) atoms. The smallest absolute Gasteiger partial charge is 0.244 e. The maximum absolute atomic E-state index is 13.5. The molecule has 0 aliphatic heterocycles. The second-order valence-corrected chi connectivity index (χ2v) is 10.9. The highest BCUT2D eigenvalue weighted by atomic mass is 32.2. The van der Waals surface area contributed by atoms with E-state index in [2.05, 4.69) is 24.1 Å². The minimum atomic E-state index is -4.18. The van der Waals surface area contributed by atoms with Gasteiger partial charge in [0.05, 0.1) is 16.9 Å². The maximum Gasteiger partial charge on any atom is 0.244 e. The Morgan fingerprint density at radius 1 is 1.03 bits per heavy atom. The summed E-state index contributed by atoms with van der Waals surface area (Å²) in [5.41, 5.74) is 1.96. The summed E-state index contributed by atoms with van der Waals surface area (Å²) in [6.45, 7) is 7.97. The van der Waals surface area contributed by atoms with Crippen molar-refractivity contribution in [1.82, 2.24) is 9.55 Å². The SMILES string of the molecule is CCOc1ccc(S(=O)(=O)c2cn(CC(=O)Nc3ccc(C(C)C)cc3)c3nc(C)ccc3c2=O)cc1. The summed E-state index contributed by atoms with van der Waals surface area (Å²) in [6, 6.07) is 16.6. The van der Waals surface area contributed by atoms with Crippen molar-refractivity contribution in [2.24, 2.45) is 0 Å². The van der Waals surface area contributed by atoms with Crippen LogP contribution in [-0.2, 0) is 21.2 Å². The molecule has 0 saturated carbocycles. The van der Waals surface area contributed by atoms with Crippen LogP contribution in [0.5, 0.6) is 5.75 Å². The molecule has 4 aromatic rings. The van der Waals surface area contributed by atoms with Gasteiger partial charge in [-0.3, -0.25) is 9.59 Å². The standard InChI is InChI=1S/C28H29N3O5S/c1-5-36-22-11-13-23(14-12-22)37(34,35)25-16-31(28-24(27(25)33)15-6-19(4)29-28)17-26(32)30-21-9-7-20(8-10-21)18(2)3/h6-16,18H,5,17H2,1-4H3,(H,30,32). The molecule has 0 unspecified atom stereocenters. The quantitative estimate of drug-likeness (QED) is 0.362. The lowest BCUT2D eigenvalue weighted by Gasteiger charge is -2.14. The summed E-state index contributed by atoms with van der Waals surface area (Å²) in [6.07, 6.45) is 1.20. The van der Waals surface area contributed by atoms with E-state index in [1.165, 1.54) is 29.0 Å². The predicted octanol–water partition coefficient (Wildman–Crippen LogP) is 4.70. The van der Waals surface area contributed by atoms with Crippen molar-refractivity contribution in [2.45, 2.75) is 49.9 Å². The monoisotopic (exact) mass is 519 g/mol. The topological polar surface area (TPSA) is 107 Å². The average molecular weight is 520 g/mol. The van der Waals surface area contributed by atoms with Gasteiger partial charge in [0.2, 0.25) is 21.2 Å². The number of benzene rings is 2. The Balaban J connectivity index is 1.73. The summed E-state index contributed by atoms with van der Waals surface area (Å²) in [5.74, 6) is 0.507. The van der Waals surface area contributed by atoms with Gasteiger partial charge >= 0.3 is 0 Å². The first-order valence-electron chi connectivity index (χ1n) is 12.0. The predicted molar refractivity (Wildman–Crippen MR) is 143 cm³/mol. The summed E-state index contributed by atoms with van der Waals surface area (Å²) in [5, 5.41) is 2.95. The highest BCUT2D eigenvalue weighted by molar-refractivity contribution is 7.91. The fourth-order valence-corrected chi connectivity index (χ4v) is 5.33. The molecule has 0 radical (unpaired) electrons. The first-order chi connectivity index (χ1) is 17.6. The van der Waals surface area contributed by atoms with Crippen LogP contribution in [-0.4, -0.2) is 30.5 Å². The lowest BCUT2D eigenvalue weighted by atomic mass is 10.0. The zero-order chi connectivity index (χ0) is 26.7. The van der Waals surface area contributed by atoms with E-state index in [0.29, 0.717) is 29.7 Å². The summed E-state index contributed by atoms with van der Waals surface area (Å²) >= 11 is 0. The molecule has 2 aromatic heterocycles. The van der Waals surface area contributed by atoms with Gasteiger partial charge in [-0.1, -0.05) is 26.0 Å². The van der Waals surface area contributed by atoms with Crippen molar-refractivity contribution in [2.75, 3.05) is 11.9 Å². The number of rotatable bonds is 8. The van der Waals surface area contributed by atoms with Crippen LogP contribution in [0.2, 0.25) is 0 Å². The second kappa shape index (κ2) is 10.6. The van der Waals surface area contributed by atoms with E-state index in [-0.39, 0.29) is 28.4 Å². The van der Waals surface area contributed by atoms with E-state index in [0.717, 1.165) is 5.56 Å². The van der Waals surface area contributed by atoms with Crippen molar-refractivity contribution >= 4 is 32.5 Å². The Labute approximate surface area is 215 Å². The highest BCUT2D eigenvalue weighted by Crippen LogP contribution is 2.23. The van der Waals surface area contributed by atoms with Crippen LogP contribution in [0.1, 0.15) is 37.9 Å². The molecule has 0 fully saturated rings. The third kappa shape index (κ3) is 5.56. The number of hydrogen-bond acceptors (Lipinski definition) is 6. The summed E-state index contributed by atoms with van der Waals surface area (Å²) in [4.78, 5) is 30.2. The molecule has 0 saturated heterocycles. The number of carbonyl (C=O) groups excluding carboxylic acids is 1. The van der Waals surface area contributed by atoms with Crippen LogP contribution in [0.15, 0.2) is 81.4 Å². The molecule has 192 valence electrons. The zero-order valence-electron chi connectivity index (χ0n) is 21.2. The zero-order valence-corrected chi connectivity index (χ0v) is 22.0. The molecule has 0 spiro atoms. The number of hydrogen-bond donors (Lipinski definition) is 1. The molecule has 0 atom stereocenters. The van der Waals surface area contributed by atoms with Gasteiger partial charge in [0.1, 0.15) is 22.8 Å². The Morgan fingerprint density at radius 3 is 2.32 bits per heavy atom. The number of anilines is 1. The molecule has 0 aliphatic carbocycles. The number of carbonyl (C=O) groups is 1. The Morgan fingerprint density at radius 2 is 1.70 bits per heavy atom. The van der Waals surface area contributed by atoms with Gasteiger partial charge in [-0.15, -0.1) is 0 Å². The first kappa shape index (κ1) is 26.1. The molecule has 8 nitrogen and oxygen atoms in total. The van der Waals surface area contributed by atoms with Crippen LogP contribution in [0, 0.1) is 6.92 Å². The van der Waals surface area contributed by atoms with Crippen LogP contribution in [0.25, 0.3) is 11.0 Å². The number of fused-ring (bicyclic) bond motifs is 1. The van der Waals surface area contributed by atoms with Crippen molar-refractivity contribution in [3.8, 4) is 5.75 Å². The van der Waals surface area contributed by atoms with Gasteiger partial charge in [0, 0.05) is 17.6 Å². The average Bonchev–Trinajstić information content (AvgIpc) is 2.86. The van der Waals surface area contributed by atoms with Crippen molar-refractivity contribution in [3.63, 3.8) is 0 Å². The van der Waals surface area contributed by atoms with E-state index in [1.54, 1.807) is 25.1 Å². The Hall–Kier alpha value is -3.98. The van der Waals surface area contributed by atoms with Crippen molar-refractivity contribution < 1.29 is 17.9 Å². The normalized spacial score (nSPS) is 11.6. The highest BCUT2D eigenvalue weighted by Gasteiger charge is 2.25. The van der Waals surface area contributed by atoms with E-state index < -0.39 is 20.2 Å². The number of aryl methyl sites for hydroxylation is 1. The van der Waals surface area contributed by atoms with E-state index in [9.17, 15) is 18.0 Å². The Bertz CT molecular complexity index is 1610. The third-order valence-electron chi connectivity index (χ3n) is 5.94. The fraction of sp³-hybridized carbons (Fsp3) is 0.250. The summed E-state index contributed by atoms with van der Waals surface area (Å²) < 4.78 is 33.7. The minimum absolute atomic E-state index is 0.0475. The van der Waals surface area contributed by atoms with E-state index in [1.807, 2.05) is 31.2 Å². The third-order valence-corrected chi connectivity index (χ3v) is 7.70. The molecule has 1 amide bonds. The lowest BCUT2D eigenvalue weighted by Crippen LogP contribution is -2.24. The van der Waals surface area contributed by atoms with Crippen LogP contribution in [0.4, 0.5) is 5.69 Å².